The Bertz CT molecular complexity index is 77.5. The summed E-state index contributed by atoms with van der Waals surface area (Å²) in [6.07, 6.45) is 1.42. The number of nitrogens with zero attached hydrogens (tertiary/aromatic N) is 1. The number of hydrogen-bond donors (Lipinski definition) is 0. The van der Waals surface area contributed by atoms with Gasteiger partial charge in [0.1, 0.15) is 6.73 Å². The van der Waals surface area contributed by atoms with E-state index in [1.54, 1.807) is 0 Å². The highest BCUT2D eigenvalue weighted by molar-refractivity contribution is 6.18. The lowest BCUT2D eigenvalue weighted by molar-refractivity contribution is 0.118. The van der Waals surface area contributed by atoms with Crippen molar-refractivity contribution in [1.82, 2.24) is 4.90 Å². The fourth-order valence-corrected chi connectivity index (χ4v) is 0.677. The topological polar surface area (TPSA) is 12.5 Å². The van der Waals surface area contributed by atoms with Crippen LogP contribution in [0.4, 0.5) is 0 Å². The average Bonchev–Trinajstić information content (AvgIpc) is 1.85. The smallest absolute Gasteiger partial charge is 0.140 e. The van der Waals surface area contributed by atoms with Gasteiger partial charge in [0.15, 0.2) is 0 Å². The molecule has 0 saturated heterocycles. The molecule has 0 radical (unpaired) electrons. The second-order valence-electron chi connectivity index (χ2n) is 1.73. The van der Waals surface area contributed by atoms with Gasteiger partial charge in [0.25, 0.3) is 0 Å². The summed E-state index contributed by atoms with van der Waals surface area (Å²) >= 11 is 5.45. The van der Waals surface area contributed by atoms with Crippen LogP contribution in [0.2, 0.25) is 0 Å². The van der Waals surface area contributed by atoms with Gasteiger partial charge in [0.2, 0.25) is 0 Å². The predicted octanol–water partition coefficient (Wildman–Crippen LogP) is 1.27. The Hall–Kier alpha value is -0.210. The molecule has 9 heavy (non-hydrogen) atoms. The Kier molecular flexibility index (Phi) is 5.78. The average molecular weight is 150 g/mol. The lowest BCUT2D eigenvalue weighted by Crippen LogP contribution is -2.22. The second kappa shape index (κ2) is 5.92. The van der Waals surface area contributed by atoms with Crippen LogP contribution in [-0.2, 0) is 4.74 Å². The zero-order valence-corrected chi connectivity index (χ0v) is 6.40. The Morgan fingerprint density at radius 1 is 1.78 bits per heavy atom. The van der Waals surface area contributed by atoms with Crippen LogP contribution < -0.4 is 0 Å². The molecule has 0 amide bonds. The number of alkyl halides is 1. The highest BCUT2D eigenvalue weighted by Crippen LogP contribution is 1.85. The third-order valence-electron chi connectivity index (χ3n) is 0.879. The van der Waals surface area contributed by atoms with Crippen LogP contribution in [0.15, 0.2) is 12.8 Å². The minimum absolute atomic E-state index is 0.566. The monoisotopic (exact) mass is 149 g/mol. The zero-order chi connectivity index (χ0) is 7.11. The van der Waals surface area contributed by atoms with Gasteiger partial charge in [-0.05, 0) is 7.05 Å². The maximum atomic E-state index is 5.45. The first-order chi connectivity index (χ1) is 4.31. The van der Waals surface area contributed by atoms with Gasteiger partial charge in [-0.15, -0.1) is 11.6 Å². The molecular weight excluding hydrogens is 138 g/mol. The molecule has 0 unspecified atom stereocenters. The number of hydrogen-bond acceptors (Lipinski definition) is 2. The molecular formula is C6H12ClNO. The van der Waals surface area contributed by atoms with Gasteiger partial charge in [-0.2, -0.15) is 0 Å². The second-order valence-corrected chi connectivity index (χ2v) is 2.11. The minimum atomic E-state index is 0.566. The summed E-state index contributed by atoms with van der Waals surface area (Å²) in [6.45, 7) is 4.82. The van der Waals surface area contributed by atoms with Gasteiger partial charge in [-0.1, -0.05) is 6.58 Å². The van der Waals surface area contributed by atoms with E-state index in [-0.39, 0.29) is 0 Å². The summed E-state index contributed by atoms with van der Waals surface area (Å²) in [6, 6.07) is 0. The molecule has 0 rings (SSSR count). The predicted molar refractivity (Wildman–Crippen MR) is 39.5 cm³/mol. The largest absolute Gasteiger partial charge is 0.486 e. The van der Waals surface area contributed by atoms with Crippen molar-refractivity contribution < 1.29 is 4.74 Å². The summed E-state index contributed by atoms with van der Waals surface area (Å²) < 4.78 is 4.88. The lowest BCUT2D eigenvalue weighted by Gasteiger charge is -2.12. The molecule has 0 aliphatic heterocycles. The van der Waals surface area contributed by atoms with E-state index in [4.69, 9.17) is 16.3 Å². The number of ether oxygens (including phenoxy) is 1. The molecule has 0 aromatic carbocycles. The molecule has 0 aliphatic rings. The summed E-state index contributed by atoms with van der Waals surface area (Å²) in [5.74, 6) is 0.636. The molecule has 0 bridgehead atoms. The van der Waals surface area contributed by atoms with Crippen LogP contribution in [0.5, 0.6) is 0 Å². The van der Waals surface area contributed by atoms with Crippen LogP contribution >= 0.6 is 11.6 Å². The molecule has 0 aromatic heterocycles. The van der Waals surface area contributed by atoms with E-state index >= 15 is 0 Å². The van der Waals surface area contributed by atoms with Crippen molar-refractivity contribution in [3.63, 3.8) is 0 Å². The van der Waals surface area contributed by atoms with E-state index in [1.165, 1.54) is 6.26 Å². The maximum absolute atomic E-state index is 5.45. The highest BCUT2D eigenvalue weighted by atomic mass is 35.5. The lowest BCUT2D eigenvalue weighted by atomic mass is 10.7. The Balaban J connectivity index is 3.04. The zero-order valence-electron chi connectivity index (χ0n) is 5.64. The summed E-state index contributed by atoms with van der Waals surface area (Å²) in [5.41, 5.74) is 0. The Labute approximate surface area is 61.1 Å². The molecule has 0 N–H and O–H groups in total. The van der Waals surface area contributed by atoms with Gasteiger partial charge in [-0.3, -0.25) is 4.90 Å². The summed E-state index contributed by atoms with van der Waals surface area (Å²) in [7, 11) is 1.94. The molecule has 0 saturated carbocycles. The molecule has 54 valence electrons. The van der Waals surface area contributed by atoms with Crippen molar-refractivity contribution in [2.45, 2.75) is 0 Å². The molecule has 3 heteroatoms. The van der Waals surface area contributed by atoms with E-state index in [2.05, 4.69) is 6.58 Å². The third-order valence-corrected chi connectivity index (χ3v) is 1.05. The molecule has 0 heterocycles. The molecule has 0 atom stereocenters. The SMILES string of the molecule is C=COCN(C)CCCl. The normalized spacial score (nSPS) is 9.67. The van der Waals surface area contributed by atoms with Gasteiger partial charge < -0.3 is 4.74 Å². The molecule has 0 fully saturated rings. The fourth-order valence-electron chi connectivity index (χ4n) is 0.389. The standard InChI is InChI=1S/C6H12ClNO/c1-3-9-6-8(2)5-4-7/h3H,1,4-6H2,2H3. The van der Waals surface area contributed by atoms with Crippen molar-refractivity contribution in [2.75, 3.05) is 26.2 Å². The van der Waals surface area contributed by atoms with Crippen molar-refractivity contribution in [1.29, 1.82) is 0 Å². The first-order valence-corrected chi connectivity index (χ1v) is 3.31. The maximum Gasteiger partial charge on any atom is 0.140 e. The van der Waals surface area contributed by atoms with Gasteiger partial charge >= 0.3 is 0 Å². The highest BCUT2D eigenvalue weighted by Gasteiger charge is 1.92. The van der Waals surface area contributed by atoms with Crippen LogP contribution in [0, 0.1) is 0 Å². The Morgan fingerprint density at radius 3 is 2.89 bits per heavy atom. The van der Waals surface area contributed by atoms with E-state index in [0.29, 0.717) is 12.6 Å². The van der Waals surface area contributed by atoms with Gasteiger partial charge in [-0.25, -0.2) is 0 Å². The first-order valence-electron chi connectivity index (χ1n) is 2.78. The third kappa shape index (κ3) is 5.66. The summed E-state index contributed by atoms with van der Waals surface area (Å²) in [5, 5.41) is 0. The molecule has 0 aromatic rings. The van der Waals surface area contributed by atoms with E-state index in [9.17, 15) is 0 Å². The van der Waals surface area contributed by atoms with E-state index < -0.39 is 0 Å². The Morgan fingerprint density at radius 2 is 2.44 bits per heavy atom. The molecule has 0 spiro atoms. The first kappa shape index (κ1) is 8.79. The summed E-state index contributed by atoms with van der Waals surface area (Å²) in [4.78, 5) is 1.97. The molecule has 2 nitrogen and oxygen atoms in total. The van der Waals surface area contributed by atoms with Gasteiger partial charge in [0, 0.05) is 12.4 Å². The van der Waals surface area contributed by atoms with Crippen molar-refractivity contribution in [2.24, 2.45) is 0 Å². The van der Waals surface area contributed by atoms with Crippen LogP contribution in [-0.4, -0.2) is 31.1 Å². The van der Waals surface area contributed by atoms with Crippen molar-refractivity contribution >= 4 is 11.6 Å². The van der Waals surface area contributed by atoms with E-state index in [1.807, 2.05) is 11.9 Å². The fraction of sp³-hybridized carbons (Fsp3) is 0.667. The van der Waals surface area contributed by atoms with Gasteiger partial charge in [0.05, 0.1) is 6.26 Å². The van der Waals surface area contributed by atoms with E-state index in [0.717, 1.165) is 6.54 Å². The van der Waals surface area contributed by atoms with Crippen molar-refractivity contribution in [3.05, 3.63) is 12.8 Å². The minimum Gasteiger partial charge on any atom is -0.486 e. The van der Waals surface area contributed by atoms with Crippen molar-refractivity contribution in [3.8, 4) is 0 Å². The number of rotatable bonds is 5. The van der Waals surface area contributed by atoms with Crippen LogP contribution in [0.1, 0.15) is 0 Å². The van der Waals surface area contributed by atoms with Crippen LogP contribution in [0.3, 0.4) is 0 Å². The quantitative estimate of drug-likeness (QED) is 0.332. The van der Waals surface area contributed by atoms with Crippen LogP contribution in [0.25, 0.3) is 0 Å². The number of halogens is 1. The molecule has 0 aliphatic carbocycles.